The van der Waals surface area contributed by atoms with E-state index in [0.29, 0.717) is 10.2 Å². The van der Waals surface area contributed by atoms with Crippen LogP contribution in [0.1, 0.15) is 13.8 Å². The second-order valence-corrected chi connectivity index (χ2v) is 7.86. The summed E-state index contributed by atoms with van der Waals surface area (Å²) in [7, 11) is -3.93. The first kappa shape index (κ1) is 17.4. The fourth-order valence-electron chi connectivity index (χ4n) is 2.21. The first-order valence-corrected chi connectivity index (χ1v) is 9.01. The van der Waals surface area contributed by atoms with Gasteiger partial charge in [-0.15, -0.1) is 0 Å². The van der Waals surface area contributed by atoms with Gasteiger partial charge in [-0.1, -0.05) is 34.1 Å². The van der Waals surface area contributed by atoms with Gasteiger partial charge in [0.05, 0.1) is 15.5 Å². The van der Waals surface area contributed by atoms with Crippen LogP contribution in [0.15, 0.2) is 57.9 Å². The second kappa shape index (κ2) is 6.67. The molecular formula is C15H15BrN2O4S. The number of non-ortho nitro benzene ring substituents is 1. The molecule has 0 unspecified atom stereocenters. The van der Waals surface area contributed by atoms with Gasteiger partial charge in [-0.25, -0.2) is 8.42 Å². The SMILES string of the molecule is CC(C)N(c1ccccc1)S(=O)(=O)c1cc(Br)cc([N+](=O)[O-])c1. The van der Waals surface area contributed by atoms with Crippen molar-refractivity contribution in [1.29, 1.82) is 0 Å². The lowest BCUT2D eigenvalue weighted by Crippen LogP contribution is -2.37. The highest BCUT2D eigenvalue weighted by atomic mass is 79.9. The number of anilines is 1. The molecule has 0 amide bonds. The number of sulfonamides is 1. The quantitative estimate of drug-likeness (QED) is 0.563. The van der Waals surface area contributed by atoms with Crippen LogP contribution in [0.2, 0.25) is 0 Å². The van der Waals surface area contributed by atoms with E-state index < -0.39 is 14.9 Å². The molecule has 2 rings (SSSR count). The zero-order valence-corrected chi connectivity index (χ0v) is 14.9. The molecule has 6 nitrogen and oxygen atoms in total. The standard InChI is InChI=1S/C15H15BrN2O4S/c1-11(2)17(13-6-4-3-5-7-13)23(21,22)15-9-12(16)8-14(10-15)18(19)20/h3-11H,1-2H3. The van der Waals surface area contributed by atoms with Crippen molar-refractivity contribution in [2.75, 3.05) is 4.31 Å². The highest BCUT2D eigenvalue weighted by molar-refractivity contribution is 9.10. The lowest BCUT2D eigenvalue weighted by atomic mass is 10.3. The summed E-state index contributed by atoms with van der Waals surface area (Å²) in [5, 5.41) is 11.0. The van der Waals surface area contributed by atoms with E-state index in [1.807, 2.05) is 0 Å². The van der Waals surface area contributed by atoms with E-state index in [1.54, 1.807) is 44.2 Å². The average Bonchev–Trinajstić information content (AvgIpc) is 2.47. The molecule has 0 spiro atoms. The van der Waals surface area contributed by atoms with Crippen molar-refractivity contribution < 1.29 is 13.3 Å². The number of hydrogen-bond acceptors (Lipinski definition) is 4. The molecule has 0 heterocycles. The van der Waals surface area contributed by atoms with Crippen molar-refractivity contribution in [1.82, 2.24) is 0 Å². The van der Waals surface area contributed by atoms with Gasteiger partial charge in [0.15, 0.2) is 0 Å². The molecule has 2 aromatic carbocycles. The summed E-state index contributed by atoms with van der Waals surface area (Å²) in [5.41, 5.74) is 0.222. The molecule has 0 atom stereocenters. The molecule has 23 heavy (non-hydrogen) atoms. The minimum Gasteiger partial charge on any atom is -0.264 e. The maximum atomic E-state index is 13.0. The minimum atomic E-state index is -3.93. The van der Waals surface area contributed by atoms with Crippen LogP contribution in [0.3, 0.4) is 0 Å². The van der Waals surface area contributed by atoms with E-state index in [0.717, 1.165) is 6.07 Å². The number of nitrogens with zero attached hydrogens (tertiary/aromatic N) is 2. The van der Waals surface area contributed by atoms with E-state index in [4.69, 9.17) is 0 Å². The highest BCUT2D eigenvalue weighted by Gasteiger charge is 2.29. The third-order valence-electron chi connectivity index (χ3n) is 3.10. The van der Waals surface area contributed by atoms with Gasteiger partial charge in [0.2, 0.25) is 0 Å². The molecule has 0 aliphatic heterocycles. The van der Waals surface area contributed by atoms with E-state index >= 15 is 0 Å². The molecule has 0 aliphatic carbocycles. The third-order valence-corrected chi connectivity index (χ3v) is 5.54. The van der Waals surface area contributed by atoms with Crippen LogP contribution in [0, 0.1) is 10.1 Å². The van der Waals surface area contributed by atoms with Gasteiger partial charge in [0, 0.05) is 22.6 Å². The van der Waals surface area contributed by atoms with Crippen molar-refractivity contribution in [3.63, 3.8) is 0 Å². The van der Waals surface area contributed by atoms with Crippen LogP contribution >= 0.6 is 15.9 Å². The molecule has 2 aromatic rings. The van der Waals surface area contributed by atoms with Crippen LogP contribution in [-0.2, 0) is 10.0 Å². The smallest absolute Gasteiger partial charge is 0.264 e. The maximum Gasteiger partial charge on any atom is 0.271 e. The molecule has 0 saturated carbocycles. The summed E-state index contributed by atoms with van der Waals surface area (Å²) in [4.78, 5) is 10.2. The van der Waals surface area contributed by atoms with Crippen LogP contribution in [-0.4, -0.2) is 19.4 Å². The number of hydrogen-bond donors (Lipinski definition) is 0. The van der Waals surface area contributed by atoms with Crippen molar-refractivity contribution in [2.45, 2.75) is 24.8 Å². The van der Waals surface area contributed by atoms with Gasteiger partial charge in [-0.2, -0.15) is 0 Å². The van der Waals surface area contributed by atoms with Gasteiger partial charge in [0.1, 0.15) is 0 Å². The van der Waals surface area contributed by atoms with Gasteiger partial charge in [0.25, 0.3) is 15.7 Å². The van der Waals surface area contributed by atoms with E-state index in [1.165, 1.54) is 16.4 Å². The Kier molecular flexibility index (Phi) is 5.06. The van der Waals surface area contributed by atoms with E-state index in [2.05, 4.69) is 15.9 Å². The zero-order chi connectivity index (χ0) is 17.2. The molecule has 0 saturated heterocycles. The Morgan fingerprint density at radius 1 is 1.13 bits per heavy atom. The maximum absolute atomic E-state index is 13.0. The number of benzene rings is 2. The average molecular weight is 399 g/mol. The van der Waals surface area contributed by atoms with Crippen LogP contribution in [0.5, 0.6) is 0 Å². The van der Waals surface area contributed by atoms with E-state index in [-0.39, 0.29) is 16.6 Å². The first-order chi connectivity index (χ1) is 10.7. The predicted octanol–water partition coefficient (Wildman–Crippen LogP) is 3.96. The summed E-state index contributed by atoms with van der Waals surface area (Å²) in [6.45, 7) is 3.49. The predicted molar refractivity (Wildman–Crippen MR) is 92.0 cm³/mol. The lowest BCUT2D eigenvalue weighted by Gasteiger charge is -2.28. The van der Waals surface area contributed by atoms with Gasteiger partial charge in [-0.05, 0) is 32.0 Å². The summed E-state index contributed by atoms with van der Waals surface area (Å²) in [6, 6.07) is 12.0. The largest absolute Gasteiger partial charge is 0.271 e. The Bertz CT molecular complexity index is 823. The van der Waals surface area contributed by atoms with Crippen molar-refractivity contribution in [2.24, 2.45) is 0 Å². The molecule has 122 valence electrons. The van der Waals surface area contributed by atoms with Crippen molar-refractivity contribution in [3.05, 3.63) is 63.1 Å². The van der Waals surface area contributed by atoms with Gasteiger partial charge < -0.3 is 0 Å². The third kappa shape index (κ3) is 3.70. The Labute approximate surface area is 143 Å². The van der Waals surface area contributed by atoms with Crippen LogP contribution < -0.4 is 4.31 Å². The Morgan fingerprint density at radius 3 is 2.26 bits per heavy atom. The Hall–Kier alpha value is -1.93. The van der Waals surface area contributed by atoms with Crippen LogP contribution in [0.25, 0.3) is 0 Å². The minimum absolute atomic E-state index is 0.129. The number of nitro benzene ring substituents is 1. The number of rotatable bonds is 5. The monoisotopic (exact) mass is 398 g/mol. The summed E-state index contributed by atoms with van der Waals surface area (Å²) in [5.74, 6) is 0. The Balaban J connectivity index is 2.62. The topological polar surface area (TPSA) is 80.5 Å². The Morgan fingerprint density at radius 2 is 1.74 bits per heavy atom. The molecular weight excluding hydrogens is 384 g/mol. The first-order valence-electron chi connectivity index (χ1n) is 6.78. The molecule has 0 radical (unpaired) electrons. The molecule has 0 bridgehead atoms. The summed E-state index contributed by atoms with van der Waals surface area (Å²) >= 11 is 3.13. The molecule has 0 aliphatic rings. The fraction of sp³-hybridized carbons (Fsp3) is 0.200. The lowest BCUT2D eigenvalue weighted by molar-refractivity contribution is -0.385. The number of para-hydroxylation sites is 1. The second-order valence-electron chi connectivity index (χ2n) is 5.13. The van der Waals surface area contributed by atoms with E-state index in [9.17, 15) is 18.5 Å². The highest BCUT2D eigenvalue weighted by Crippen LogP contribution is 2.30. The molecule has 0 aromatic heterocycles. The van der Waals surface area contributed by atoms with Crippen molar-refractivity contribution in [3.8, 4) is 0 Å². The number of nitro groups is 1. The van der Waals surface area contributed by atoms with Crippen molar-refractivity contribution >= 4 is 37.3 Å². The summed E-state index contributed by atoms with van der Waals surface area (Å²) in [6.07, 6.45) is 0. The van der Waals surface area contributed by atoms with Crippen LogP contribution in [0.4, 0.5) is 11.4 Å². The normalized spacial score (nSPS) is 11.5. The van der Waals surface area contributed by atoms with Gasteiger partial charge >= 0.3 is 0 Å². The molecule has 0 N–H and O–H groups in total. The number of halogens is 1. The fourth-order valence-corrected chi connectivity index (χ4v) is 4.56. The summed E-state index contributed by atoms with van der Waals surface area (Å²) < 4.78 is 27.6. The molecule has 8 heteroatoms. The molecule has 0 fully saturated rings. The zero-order valence-electron chi connectivity index (χ0n) is 12.5. The van der Waals surface area contributed by atoms with Gasteiger partial charge in [-0.3, -0.25) is 14.4 Å².